The molecular weight excluding hydrogens is 370 g/mol. The molecule has 1 saturated heterocycles. The molecule has 2 amide bonds. The summed E-state index contributed by atoms with van der Waals surface area (Å²) in [7, 11) is -4.47. The summed E-state index contributed by atoms with van der Waals surface area (Å²) in [6, 6.07) is 3.70. The zero-order valence-electron chi connectivity index (χ0n) is 14.8. The fourth-order valence-electron chi connectivity index (χ4n) is 3.09. The average molecular weight is 393 g/mol. The second kappa shape index (κ2) is 8.51. The van der Waals surface area contributed by atoms with Gasteiger partial charge in [0, 0.05) is 24.6 Å². The fraction of sp³-hybridized carbons (Fsp3) is 0.412. The number of nitrogens with zero attached hydrogens (tertiary/aromatic N) is 3. The first-order valence-electron chi connectivity index (χ1n) is 8.80. The van der Waals surface area contributed by atoms with Crippen LogP contribution in [0.15, 0.2) is 41.8 Å². The van der Waals surface area contributed by atoms with Gasteiger partial charge in [-0.05, 0) is 57.1 Å². The number of hydrogen-bond acceptors (Lipinski definition) is 5. The highest BCUT2D eigenvalue weighted by Gasteiger charge is 2.18. The number of carbonyl (C=O) groups is 1. The van der Waals surface area contributed by atoms with E-state index in [4.69, 9.17) is 0 Å². The Morgan fingerprint density at radius 1 is 1.26 bits per heavy atom. The second-order valence-electron chi connectivity index (χ2n) is 6.41. The summed E-state index contributed by atoms with van der Waals surface area (Å²) in [5, 5.41) is 5.23. The van der Waals surface area contributed by atoms with Crippen molar-refractivity contribution in [2.24, 2.45) is 0 Å². The molecule has 0 saturated carbocycles. The third-order valence-electron chi connectivity index (χ3n) is 4.43. The highest BCUT2D eigenvalue weighted by molar-refractivity contribution is 7.86. The van der Waals surface area contributed by atoms with Gasteiger partial charge in [0.1, 0.15) is 4.90 Å². The smallest absolute Gasteiger partial charge is 0.319 e. The van der Waals surface area contributed by atoms with Gasteiger partial charge in [-0.2, -0.15) is 8.42 Å². The molecule has 0 atom stereocenters. The molecule has 9 nitrogen and oxygen atoms in total. The van der Waals surface area contributed by atoms with Gasteiger partial charge in [0.05, 0.1) is 12.0 Å². The number of likely N-dealkylation sites (tertiary alicyclic amines) is 1. The van der Waals surface area contributed by atoms with Crippen LogP contribution in [0.25, 0.3) is 5.69 Å². The Kier molecular flexibility index (Phi) is 6.09. The lowest BCUT2D eigenvalue weighted by molar-refractivity contribution is 0.251. The lowest BCUT2D eigenvalue weighted by atomic mass is 10.2. The highest BCUT2D eigenvalue weighted by atomic mass is 32.2. The van der Waals surface area contributed by atoms with E-state index in [-0.39, 0.29) is 10.6 Å². The summed E-state index contributed by atoms with van der Waals surface area (Å²) in [5.41, 5.74) is 0.602. The number of benzene rings is 1. The Hall–Kier alpha value is -2.43. The number of anilines is 1. The maximum Gasteiger partial charge on any atom is 0.319 e. The number of nitrogens with one attached hydrogen (secondary N) is 2. The summed E-state index contributed by atoms with van der Waals surface area (Å²) in [5.74, 6) is 0. The number of rotatable bonds is 7. The van der Waals surface area contributed by atoms with Crippen molar-refractivity contribution in [1.29, 1.82) is 0 Å². The Morgan fingerprint density at radius 2 is 2.04 bits per heavy atom. The van der Waals surface area contributed by atoms with E-state index in [1.807, 2.05) is 0 Å². The van der Waals surface area contributed by atoms with Crippen LogP contribution in [-0.2, 0) is 10.1 Å². The van der Waals surface area contributed by atoms with Gasteiger partial charge in [-0.3, -0.25) is 4.55 Å². The van der Waals surface area contributed by atoms with Crippen LogP contribution < -0.4 is 10.6 Å². The first-order chi connectivity index (χ1) is 12.9. The van der Waals surface area contributed by atoms with Crippen molar-refractivity contribution >= 4 is 21.8 Å². The molecule has 0 aliphatic carbocycles. The number of carbonyl (C=O) groups excluding carboxylic acids is 1. The summed E-state index contributed by atoms with van der Waals surface area (Å²) < 4.78 is 34.3. The standard InChI is InChI=1S/C17H23N5O4S/c23-17(19-6-3-10-21-8-1-2-9-21)20-15-12-14(22-11-7-18-13-22)4-5-16(15)27(24,25)26/h4-5,7,11-13H,1-3,6,8-10H2,(H2,19,20,23)(H,24,25,26). The number of aromatic nitrogens is 2. The molecule has 3 rings (SSSR count). The van der Waals surface area contributed by atoms with Gasteiger partial charge in [-0.1, -0.05) is 0 Å². The molecule has 146 valence electrons. The van der Waals surface area contributed by atoms with Crippen molar-refractivity contribution in [1.82, 2.24) is 19.8 Å². The van der Waals surface area contributed by atoms with Crippen molar-refractivity contribution in [3.8, 4) is 5.69 Å². The van der Waals surface area contributed by atoms with E-state index < -0.39 is 16.1 Å². The Bertz CT molecular complexity index is 877. The van der Waals surface area contributed by atoms with Gasteiger partial charge in [-0.15, -0.1) is 0 Å². The van der Waals surface area contributed by atoms with Crippen LogP contribution in [0.1, 0.15) is 19.3 Å². The molecule has 1 aromatic carbocycles. The Balaban J connectivity index is 1.64. The maximum atomic E-state index is 12.2. The zero-order valence-corrected chi connectivity index (χ0v) is 15.7. The SMILES string of the molecule is O=C(NCCCN1CCCC1)Nc1cc(-n2ccnc2)ccc1S(=O)(=O)O. The summed E-state index contributed by atoms with van der Waals surface area (Å²) in [6.07, 6.45) is 8.07. The monoisotopic (exact) mass is 393 g/mol. The molecular formula is C17H23N5O4S. The Labute approximate surface area is 158 Å². The van der Waals surface area contributed by atoms with E-state index in [0.717, 1.165) is 26.1 Å². The van der Waals surface area contributed by atoms with E-state index >= 15 is 0 Å². The first kappa shape index (κ1) is 19.3. The molecule has 10 heteroatoms. The number of amides is 2. The molecule has 0 bridgehead atoms. The van der Waals surface area contributed by atoms with Gasteiger partial charge >= 0.3 is 6.03 Å². The van der Waals surface area contributed by atoms with E-state index in [1.165, 1.54) is 31.0 Å². The predicted molar refractivity (Wildman–Crippen MR) is 101 cm³/mol. The zero-order chi connectivity index (χ0) is 19.3. The van der Waals surface area contributed by atoms with Gasteiger partial charge in [0.25, 0.3) is 10.1 Å². The molecule has 0 radical (unpaired) electrons. The lowest BCUT2D eigenvalue weighted by Crippen LogP contribution is -2.32. The Morgan fingerprint density at radius 3 is 2.70 bits per heavy atom. The van der Waals surface area contributed by atoms with E-state index in [9.17, 15) is 17.8 Å². The third kappa shape index (κ3) is 5.28. The van der Waals surface area contributed by atoms with Crippen LogP contribution in [-0.4, -0.2) is 59.6 Å². The van der Waals surface area contributed by atoms with Gasteiger partial charge in [0.15, 0.2) is 0 Å². The third-order valence-corrected chi connectivity index (χ3v) is 5.34. The van der Waals surface area contributed by atoms with E-state index in [1.54, 1.807) is 23.3 Å². The van der Waals surface area contributed by atoms with Crippen LogP contribution in [0.4, 0.5) is 10.5 Å². The van der Waals surface area contributed by atoms with Crippen molar-refractivity contribution in [3.05, 3.63) is 36.9 Å². The molecule has 1 aromatic heterocycles. The van der Waals surface area contributed by atoms with Crippen molar-refractivity contribution in [2.75, 3.05) is 31.5 Å². The topological polar surface area (TPSA) is 117 Å². The second-order valence-corrected chi connectivity index (χ2v) is 7.80. The van der Waals surface area contributed by atoms with Crippen LogP contribution in [0.3, 0.4) is 0 Å². The van der Waals surface area contributed by atoms with Crippen LogP contribution in [0.5, 0.6) is 0 Å². The lowest BCUT2D eigenvalue weighted by Gasteiger charge is -2.15. The highest BCUT2D eigenvalue weighted by Crippen LogP contribution is 2.24. The normalized spacial score (nSPS) is 15.0. The van der Waals surface area contributed by atoms with Crippen LogP contribution in [0.2, 0.25) is 0 Å². The molecule has 2 aromatic rings. The first-order valence-corrected chi connectivity index (χ1v) is 10.2. The molecule has 0 unspecified atom stereocenters. The predicted octanol–water partition coefficient (Wildman–Crippen LogP) is 1.73. The van der Waals surface area contributed by atoms with Crippen LogP contribution >= 0.6 is 0 Å². The minimum Gasteiger partial charge on any atom is -0.338 e. The maximum absolute atomic E-state index is 12.2. The van der Waals surface area contributed by atoms with E-state index in [2.05, 4.69) is 20.5 Å². The van der Waals surface area contributed by atoms with Crippen molar-refractivity contribution in [2.45, 2.75) is 24.2 Å². The molecule has 27 heavy (non-hydrogen) atoms. The number of hydrogen-bond donors (Lipinski definition) is 3. The largest absolute Gasteiger partial charge is 0.338 e. The molecule has 1 aliphatic heterocycles. The molecule has 2 heterocycles. The minimum atomic E-state index is -4.47. The minimum absolute atomic E-state index is 0.000688. The van der Waals surface area contributed by atoms with Crippen molar-refractivity contribution < 1.29 is 17.8 Å². The van der Waals surface area contributed by atoms with Gasteiger partial charge in [-0.25, -0.2) is 9.78 Å². The average Bonchev–Trinajstić information content (AvgIpc) is 3.31. The van der Waals surface area contributed by atoms with Crippen molar-refractivity contribution in [3.63, 3.8) is 0 Å². The number of imidazole rings is 1. The summed E-state index contributed by atoms with van der Waals surface area (Å²) >= 11 is 0. The number of urea groups is 1. The van der Waals surface area contributed by atoms with Gasteiger partial charge < -0.3 is 20.1 Å². The molecule has 0 spiro atoms. The summed E-state index contributed by atoms with van der Waals surface area (Å²) in [6.45, 7) is 3.60. The van der Waals surface area contributed by atoms with Crippen LogP contribution in [0, 0.1) is 0 Å². The molecule has 1 aliphatic rings. The van der Waals surface area contributed by atoms with E-state index in [0.29, 0.717) is 12.2 Å². The fourth-order valence-corrected chi connectivity index (χ4v) is 3.72. The summed E-state index contributed by atoms with van der Waals surface area (Å²) in [4.78, 5) is 18.1. The molecule has 3 N–H and O–H groups in total. The van der Waals surface area contributed by atoms with Gasteiger partial charge in [0.2, 0.25) is 0 Å². The molecule has 1 fully saturated rings. The quantitative estimate of drug-likeness (QED) is 0.487.